The van der Waals surface area contributed by atoms with Gasteiger partial charge in [-0.15, -0.1) is 0 Å². The van der Waals surface area contributed by atoms with E-state index < -0.39 is 35.0 Å². The molecule has 0 aliphatic carbocycles. The maximum atomic E-state index is 12.1. The highest BCUT2D eigenvalue weighted by atomic mass is 16.5. The Morgan fingerprint density at radius 3 is 1.12 bits per heavy atom. The number of rotatable bonds is 9. The summed E-state index contributed by atoms with van der Waals surface area (Å²) < 4.78 is 19.1. The van der Waals surface area contributed by atoms with Crippen molar-refractivity contribution in [2.45, 2.75) is 27.7 Å². The first-order valence-corrected chi connectivity index (χ1v) is 7.52. The van der Waals surface area contributed by atoms with E-state index in [-0.39, 0.29) is 26.4 Å². The molecule has 0 aliphatic rings. The Labute approximate surface area is 140 Å². The Bertz CT molecular complexity index is 482. The zero-order chi connectivity index (χ0) is 18.5. The molecule has 0 aromatic carbocycles. The molecule has 0 N–H and O–H groups in total. The van der Waals surface area contributed by atoms with Crippen LogP contribution in [0.25, 0.3) is 0 Å². The highest BCUT2D eigenvalue weighted by molar-refractivity contribution is 6.12. The van der Waals surface area contributed by atoms with E-state index in [4.69, 9.17) is 18.9 Å². The second-order valence-electron chi connectivity index (χ2n) is 4.06. The average Bonchev–Trinajstić information content (AvgIpc) is 2.51. The lowest BCUT2D eigenvalue weighted by atomic mass is 10.1. The van der Waals surface area contributed by atoms with Crippen LogP contribution in [0, 0.1) is 0 Å². The monoisotopic (exact) mass is 342 g/mol. The lowest BCUT2D eigenvalue weighted by Gasteiger charge is -2.10. The minimum absolute atomic E-state index is 0.00844. The molecule has 0 atom stereocenters. The first-order chi connectivity index (χ1) is 11.4. The molecular formula is C16H22O8. The molecule has 0 aromatic heterocycles. The molecule has 0 fully saturated rings. The largest absolute Gasteiger partial charge is 0.463 e. The van der Waals surface area contributed by atoms with Crippen LogP contribution in [0.3, 0.4) is 0 Å². The number of carbonyl (C=O) groups is 4. The third-order valence-corrected chi connectivity index (χ3v) is 2.38. The van der Waals surface area contributed by atoms with E-state index in [9.17, 15) is 19.2 Å². The highest BCUT2D eigenvalue weighted by Crippen LogP contribution is 2.15. The van der Waals surface area contributed by atoms with E-state index in [0.717, 1.165) is 12.2 Å². The van der Waals surface area contributed by atoms with E-state index in [1.807, 2.05) is 0 Å². The van der Waals surface area contributed by atoms with Crippen molar-refractivity contribution in [1.29, 1.82) is 0 Å². The van der Waals surface area contributed by atoms with Gasteiger partial charge in [0.2, 0.25) is 0 Å². The minimum atomic E-state index is -0.964. The first-order valence-electron chi connectivity index (χ1n) is 7.52. The summed E-state index contributed by atoms with van der Waals surface area (Å²) in [6.07, 6.45) is 1.56. The molecule has 0 heterocycles. The van der Waals surface area contributed by atoms with Gasteiger partial charge in [0.05, 0.1) is 37.6 Å². The van der Waals surface area contributed by atoms with E-state index in [1.165, 1.54) is 0 Å². The lowest BCUT2D eigenvalue weighted by Crippen LogP contribution is -2.20. The van der Waals surface area contributed by atoms with Crippen LogP contribution in [0.5, 0.6) is 0 Å². The molecule has 0 rings (SSSR count). The maximum Gasteiger partial charge on any atom is 0.339 e. The summed E-state index contributed by atoms with van der Waals surface area (Å²) in [4.78, 5) is 47.5. The third kappa shape index (κ3) is 7.57. The first kappa shape index (κ1) is 21.4. The van der Waals surface area contributed by atoms with Crippen LogP contribution in [0.1, 0.15) is 27.7 Å². The Morgan fingerprint density at radius 1 is 0.583 bits per heavy atom. The summed E-state index contributed by atoms with van der Waals surface area (Å²) in [6.45, 7) is 6.43. The van der Waals surface area contributed by atoms with Gasteiger partial charge in [-0.1, -0.05) is 0 Å². The normalized spacial score (nSPS) is 11.5. The van der Waals surface area contributed by atoms with Gasteiger partial charge >= 0.3 is 23.9 Å². The van der Waals surface area contributed by atoms with Crippen molar-refractivity contribution in [2.24, 2.45) is 0 Å². The molecule has 0 radical (unpaired) electrons. The van der Waals surface area contributed by atoms with Gasteiger partial charge in [0.25, 0.3) is 0 Å². The Morgan fingerprint density at radius 2 is 0.875 bits per heavy atom. The molecule has 0 bridgehead atoms. The van der Waals surface area contributed by atoms with Crippen molar-refractivity contribution in [1.82, 2.24) is 0 Å². The third-order valence-electron chi connectivity index (χ3n) is 2.38. The molecule has 0 saturated carbocycles. The molecule has 8 nitrogen and oxygen atoms in total. The van der Waals surface area contributed by atoms with Gasteiger partial charge in [0.1, 0.15) is 0 Å². The Hall–Kier alpha value is -2.64. The summed E-state index contributed by atoms with van der Waals surface area (Å²) in [7, 11) is 0. The molecule has 134 valence electrons. The second-order valence-corrected chi connectivity index (χ2v) is 4.06. The maximum absolute atomic E-state index is 12.1. The van der Waals surface area contributed by atoms with Crippen LogP contribution < -0.4 is 0 Å². The van der Waals surface area contributed by atoms with E-state index in [2.05, 4.69) is 0 Å². The fraction of sp³-hybridized carbons (Fsp3) is 0.500. The lowest BCUT2D eigenvalue weighted by molar-refractivity contribution is -0.143. The summed E-state index contributed by atoms with van der Waals surface area (Å²) in [5, 5.41) is 0. The van der Waals surface area contributed by atoms with Gasteiger partial charge in [0.15, 0.2) is 0 Å². The molecule has 0 unspecified atom stereocenters. The van der Waals surface area contributed by atoms with E-state index >= 15 is 0 Å². The zero-order valence-corrected chi connectivity index (χ0v) is 14.2. The molecule has 0 aliphatic heterocycles. The topological polar surface area (TPSA) is 105 Å². The summed E-state index contributed by atoms with van der Waals surface area (Å²) >= 11 is 0. The van der Waals surface area contributed by atoms with Crippen LogP contribution in [-0.2, 0) is 38.1 Å². The van der Waals surface area contributed by atoms with Crippen LogP contribution in [0.2, 0.25) is 0 Å². The quantitative estimate of drug-likeness (QED) is 0.265. The summed E-state index contributed by atoms with van der Waals surface area (Å²) in [6, 6.07) is 0. The number of ether oxygens (including phenoxy) is 4. The molecule has 0 amide bonds. The van der Waals surface area contributed by atoms with Crippen molar-refractivity contribution in [3.05, 3.63) is 23.3 Å². The highest BCUT2D eigenvalue weighted by Gasteiger charge is 2.26. The number of carbonyl (C=O) groups excluding carboxylic acids is 4. The van der Waals surface area contributed by atoms with Crippen molar-refractivity contribution in [2.75, 3.05) is 26.4 Å². The molecular weight excluding hydrogens is 320 g/mol. The van der Waals surface area contributed by atoms with Gasteiger partial charge < -0.3 is 18.9 Å². The van der Waals surface area contributed by atoms with Crippen LogP contribution in [0.4, 0.5) is 0 Å². The molecule has 24 heavy (non-hydrogen) atoms. The smallest absolute Gasteiger partial charge is 0.339 e. The van der Waals surface area contributed by atoms with E-state index in [0.29, 0.717) is 0 Å². The number of esters is 4. The van der Waals surface area contributed by atoms with Crippen LogP contribution in [0.15, 0.2) is 23.3 Å². The minimum Gasteiger partial charge on any atom is -0.463 e. The zero-order valence-electron chi connectivity index (χ0n) is 14.2. The predicted octanol–water partition coefficient (Wildman–Crippen LogP) is 1.09. The van der Waals surface area contributed by atoms with Crippen molar-refractivity contribution in [3.63, 3.8) is 0 Å². The van der Waals surface area contributed by atoms with Gasteiger partial charge in [-0.25, -0.2) is 19.2 Å². The standard InChI is InChI=1S/C16H22O8/c1-5-21-13(17)9-11(15(19)23-7-3)12(16(20)24-8-4)10-14(18)22-6-2/h9-10H,5-8H2,1-4H3/b11-9-,12-10-. The van der Waals surface area contributed by atoms with Gasteiger partial charge in [-0.3, -0.25) is 0 Å². The van der Waals surface area contributed by atoms with Gasteiger partial charge in [-0.05, 0) is 27.7 Å². The Balaban J connectivity index is 5.95. The van der Waals surface area contributed by atoms with Gasteiger partial charge in [-0.2, -0.15) is 0 Å². The Kier molecular flexibility index (Phi) is 10.6. The summed E-state index contributed by atoms with van der Waals surface area (Å²) in [5.41, 5.74) is -0.886. The fourth-order valence-corrected chi connectivity index (χ4v) is 1.51. The predicted molar refractivity (Wildman–Crippen MR) is 82.7 cm³/mol. The fourth-order valence-electron chi connectivity index (χ4n) is 1.51. The van der Waals surface area contributed by atoms with Gasteiger partial charge in [0, 0.05) is 12.2 Å². The average molecular weight is 342 g/mol. The number of hydrogen-bond donors (Lipinski definition) is 0. The molecule has 0 saturated heterocycles. The van der Waals surface area contributed by atoms with Crippen molar-refractivity contribution < 1.29 is 38.1 Å². The van der Waals surface area contributed by atoms with Crippen molar-refractivity contribution >= 4 is 23.9 Å². The number of hydrogen-bond acceptors (Lipinski definition) is 8. The molecule has 8 heteroatoms. The summed E-state index contributed by atoms with van der Waals surface area (Å²) in [5.74, 6) is -3.65. The van der Waals surface area contributed by atoms with Crippen LogP contribution >= 0.6 is 0 Å². The second kappa shape index (κ2) is 11.9. The van der Waals surface area contributed by atoms with Crippen molar-refractivity contribution in [3.8, 4) is 0 Å². The van der Waals surface area contributed by atoms with Crippen LogP contribution in [-0.4, -0.2) is 50.3 Å². The molecule has 0 aromatic rings. The molecule has 0 spiro atoms. The SMILES string of the molecule is CCOC(=O)/C=C(C(=O)OCC)/C(=C/C(=O)OCC)C(=O)OCC. The van der Waals surface area contributed by atoms with E-state index in [1.54, 1.807) is 27.7 Å².